The van der Waals surface area contributed by atoms with E-state index in [2.05, 4.69) is 19.9 Å². The fraction of sp³-hybridized carbons (Fsp3) is 0.250. The number of carbonyl (C=O) groups is 1. The Bertz CT molecular complexity index is 570. The molecule has 0 radical (unpaired) electrons. The molecular formula is C16H19N3O2. The third-order valence-corrected chi connectivity index (χ3v) is 3.23. The van der Waals surface area contributed by atoms with Crippen molar-refractivity contribution in [3.8, 4) is 0 Å². The number of benzene rings is 1. The number of nitrogens with zero attached hydrogens (tertiary/aromatic N) is 2. The highest BCUT2D eigenvalue weighted by molar-refractivity contribution is 5.84. The summed E-state index contributed by atoms with van der Waals surface area (Å²) in [4.78, 5) is 17.3. The normalized spacial score (nSPS) is 10.0. The Morgan fingerprint density at radius 1 is 1.19 bits per heavy atom. The molecule has 1 N–H and O–H groups in total. The number of anilines is 2. The van der Waals surface area contributed by atoms with Gasteiger partial charge in [-0.25, -0.2) is 4.79 Å². The van der Waals surface area contributed by atoms with E-state index < -0.39 is 6.09 Å². The number of nitrogens with one attached hydrogen (secondary N) is 1. The van der Waals surface area contributed by atoms with E-state index in [0.717, 1.165) is 18.7 Å². The summed E-state index contributed by atoms with van der Waals surface area (Å²) in [7, 11) is 3.39. The van der Waals surface area contributed by atoms with Crippen molar-refractivity contribution < 1.29 is 9.53 Å². The molecule has 0 fully saturated rings. The quantitative estimate of drug-likeness (QED) is 0.917. The van der Waals surface area contributed by atoms with Crippen molar-refractivity contribution in [2.24, 2.45) is 0 Å². The van der Waals surface area contributed by atoms with Crippen molar-refractivity contribution in [3.63, 3.8) is 0 Å². The van der Waals surface area contributed by atoms with E-state index in [9.17, 15) is 4.79 Å². The van der Waals surface area contributed by atoms with Gasteiger partial charge < -0.3 is 9.64 Å². The van der Waals surface area contributed by atoms with Crippen LogP contribution in [0.1, 0.15) is 5.56 Å². The summed E-state index contributed by atoms with van der Waals surface area (Å²) in [5.74, 6) is 0. The topological polar surface area (TPSA) is 54.5 Å². The van der Waals surface area contributed by atoms with Crippen molar-refractivity contribution in [1.82, 2.24) is 4.98 Å². The van der Waals surface area contributed by atoms with E-state index in [1.165, 1.54) is 12.7 Å². The predicted octanol–water partition coefficient (Wildman–Crippen LogP) is 2.94. The first kappa shape index (κ1) is 14.8. The lowest BCUT2D eigenvalue weighted by Crippen LogP contribution is -2.20. The average Bonchev–Trinajstić information content (AvgIpc) is 2.54. The number of hydrogen-bond donors (Lipinski definition) is 1. The number of likely N-dealkylation sites (N-methyl/N-ethyl adjacent to an activating group) is 1. The summed E-state index contributed by atoms with van der Waals surface area (Å²) in [5, 5.41) is 2.63. The monoisotopic (exact) mass is 285 g/mol. The highest BCUT2D eigenvalue weighted by atomic mass is 16.5. The van der Waals surface area contributed by atoms with Gasteiger partial charge in [-0.2, -0.15) is 0 Å². The van der Waals surface area contributed by atoms with Crippen LogP contribution in [0.4, 0.5) is 16.2 Å². The van der Waals surface area contributed by atoms with Gasteiger partial charge in [-0.15, -0.1) is 0 Å². The molecule has 0 atom stereocenters. The minimum absolute atomic E-state index is 0.464. The van der Waals surface area contributed by atoms with Crippen LogP contribution in [0.5, 0.6) is 0 Å². The number of rotatable bonds is 5. The molecule has 2 aromatic rings. The molecule has 21 heavy (non-hydrogen) atoms. The van der Waals surface area contributed by atoms with Crippen LogP contribution in [0.25, 0.3) is 0 Å². The van der Waals surface area contributed by atoms with Gasteiger partial charge in [-0.3, -0.25) is 10.3 Å². The number of amides is 1. The Hall–Kier alpha value is -2.56. The summed E-state index contributed by atoms with van der Waals surface area (Å²) in [6.07, 6.45) is 4.11. The third-order valence-electron chi connectivity index (χ3n) is 3.23. The van der Waals surface area contributed by atoms with Crippen LogP contribution in [0.2, 0.25) is 0 Å². The van der Waals surface area contributed by atoms with E-state index in [1.54, 1.807) is 0 Å². The van der Waals surface area contributed by atoms with Gasteiger partial charge in [0.15, 0.2) is 0 Å². The lowest BCUT2D eigenvalue weighted by molar-refractivity contribution is 0.187. The SMILES string of the molecule is COC(=O)Nc1ccc(N(C)CCc2ccncc2)cc1. The molecule has 0 bridgehead atoms. The first-order valence-corrected chi connectivity index (χ1v) is 6.74. The molecule has 0 aliphatic rings. The van der Waals surface area contributed by atoms with Gasteiger partial charge in [0.1, 0.15) is 0 Å². The Balaban J connectivity index is 1.90. The lowest BCUT2D eigenvalue weighted by atomic mass is 10.2. The highest BCUT2D eigenvalue weighted by Gasteiger charge is 2.03. The molecule has 0 aliphatic heterocycles. The van der Waals surface area contributed by atoms with Crippen molar-refractivity contribution >= 4 is 17.5 Å². The van der Waals surface area contributed by atoms with Crippen LogP contribution in [0.15, 0.2) is 48.8 Å². The molecule has 1 amide bonds. The average molecular weight is 285 g/mol. The number of pyridine rings is 1. The zero-order valence-electron chi connectivity index (χ0n) is 12.2. The van der Waals surface area contributed by atoms with Gasteiger partial charge in [0, 0.05) is 37.4 Å². The van der Waals surface area contributed by atoms with Crippen LogP contribution < -0.4 is 10.2 Å². The van der Waals surface area contributed by atoms with Crippen LogP contribution in [0.3, 0.4) is 0 Å². The maximum Gasteiger partial charge on any atom is 0.411 e. The molecule has 2 rings (SSSR count). The van der Waals surface area contributed by atoms with Gasteiger partial charge in [0.25, 0.3) is 0 Å². The van der Waals surface area contributed by atoms with E-state index in [4.69, 9.17) is 0 Å². The van der Waals surface area contributed by atoms with E-state index in [1.807, 2.05) is 55.8 Å². The molecule has 110 valence electrons. The standard InChI is InChI=1S/C16H19N3O2/c1-19(12-9-13-7-10-17-11-8-13)15-5-3-14(4-6-15)18-16(20)21-2/h3-8,10-11H,9,12H2,1-2H3,(H,18,20). The first-order valence-electron chi connectivity index (χ1n) is 6.74. The van der Waals surface area contributed by atoms with Crippen molar-refractivity contribution in [1.29, 1.82) is 0 Å². The second-order valence-corrected chi connectivity index (χ2v) is 4.69. The smallest absolute Gasteiger partial charge is 0.411 e. The Labute approximate surface area is 124 Å². The Kier molecular flexibility index (Phi) is 5.15. The van der Waals surface area contributed by atoms with Gasteiger partial charge in [0.2, 0.25) is 0 Å². The minimum Gasteiger partial charge on any atom is -0.453 e. The van der Waals surface area contributed by atoms with Crippen molar-refractivity contribution in [2.75, 3.05) is 30.9 Å². The van der Waals surface area contributed by atoms with Crippen LogP contribution >= 0.6 is 0 Å². The van der Waals surface area contributed by atoms with Crippen LogP contribution in [-0.4, -0.2) is 31.8 Å². The second-order valence-electron chi connectivity index (χ2n) is 4.69. The second kappa shape index (κ2) is 7.28. The van der Waals surface area contributed by atoms with Gasteiger partial charge in [0.05, 0.1) is 7.11 Å². The molecule has 5 heteroatoms. The first-order chi connectivity index (χ1) is 10.2. The fourth-order valence-corrected chi connectivity index (χ4v) is 1.94. The molecule has 0 aliphatic carbocycles. The van der Waals surface area contributed by atoms with E-state index >= 15 is 0 Å². The highest BCUT2D eigenvalue weighted by Crippen LogP contribution is 2.17. The molecular weight excluding hydrogens is 266 g/mol. The van der Waals surface area contributed by atoms with E-state index in [0.29, 0.717) is 5.69 Å². The zero-order chi connectivity index (χ0) is 15.1. The van der Waals surface area contributed by atoms with Crippen LogP contribution in [-0.2, 0) is 11.2 Å². The number of ether oxygens (including phenoxy) is 1. The molecule has 0 unspecified atom stereocenters. The Morgan fingerprint density at radius 3 is 2.48 bits per heavy atom. The summed E-state index contributed by atoms with van der Waals surface area (Å²) >= 11 is 0. The molecule has 0 saturated heterocycles. The lowest BCUT2D eigenvalue weighted by Gasteiger charge is -2.19. The molecule has 0 saturated carbocycles. The number of methoxy groups -OCH3 is 1. The van der Waals surface area contributed by atoms with Crippen molar-refractivity contribution in [2.45, 2.75) is 6.42 Å². The Morgan fingerprint density at radius 2 is 1.86 bits per heavy atom. The van der Waals surface area contributed by atoms with Gasteiger partial charge in [-0.1, -0.05) is 0 Å². The maximum absolute atomic E-state index is 11.1. The third kappa shape index (κ3) is 4.49. The molecule has 5 nitrogen and oxygen atoms in total. The molecule has 1 heterocycles. The van der Waals surface area contributed by atoms with Gasteiger partial charge in [-0.05, 0) is 48.4 Å². The minimum atomic E-state index is -0.464. The van der Waals surface area contributed by atoms with Crippen molar-refractivity contribution in [3.05, 3.63) is 54.4 Å². The fourth-order valence-electron chi connectivity index (χ4n) is 1.94. The zero-order valence-corrected chi connectivity index (χ0v) is 12.2. The predicted molar refractivity (Wildman–Crippen MR) is 83.7 cm³/mol. The number of carbonyl (C=O) groups excluding carboxylic acids is 1. The number of hydrogen-bond acceptors (Lipinski definition) is 4. The maximum atomic E-state index is 11.1. The molecule has 1 aromatic heterocycles. The molecule has 0 spiro atoms. The summed E-state index contributed by atoms with van der Waals surface area (Å²) < 4.78 is 4.55. The summed E-state index contributed by atoms with van der Waals surface area (Å²) in [6.45, 7) is 0.911. The van der Waals surface area contributed by atoms with Crippen LogP contribution in [0, 0.1) is 0 Å². The van der Waals surface area contributed by atoms with Gasteiger partial charge >= 0.3 is 6.09 Å². The largest absolute Gasteiger partial charge is 0.453 e. The number of aromatic nitrogens is 1. The van der Waals surface area contributed by atoms with E-state index in [-0.39, 0.29) is 0 Å². The molecule has 1 aromatic carbocycles. The summed E-state index contributed by atoms with van der Waals surface area (Å²) in [5.41, 5.74) is 3.08. The summed E-state index contributed by atoms with van der Waals surface area (Å²) in [6, 6.07) is 11.7.